The lowest BCUT2D eigenvalue weighted by Crippen LogP contribution is -2.27. The Morgan fingerprint density at radius 2 is 2.00 bits per heavy atom. The van der Waals surface area contributed by atoms with Gasteiger partial charge in [0.1, 0.15) is 0 Å². The van der Waals surface area contributed by atoms with Crippen LogP contribution in [-0.4, -0.2) is 11.9 Å². The van der Waals surface area contributed by atoms with Gasteiger partial charge in [-0.15, -0.1) is 0 Å². The minimum atomic E-state index is 0.112. The monoisotopic (exact) mass is 181 g/mol. The summed E-state index contributed by atoms with van der Waals surface area (Å²) >= 11 is 0. The molecule has 0 heterocycles. The number of allylic oxidation sites excluding steroid dienone is 1. The summed E-state index contributed by atoms with van der Waals surface area (Å²) in [7, 11) is 0. The van der Waals surface area contributed by atoms with Crippen LogP contribution < -0.4 is 5.32 Å². The molecular weight excluding hydrogens is 162 g/mol. The summed E-state index contributed by atoms with van der Waals surface area (Å²) < 4.78 is 0. The zero-order valence-electron chi connectivity index (χ0n) is 8.98. The molecule has 0 radical (unpaired) electrons. The number of hydrogen-bond acceptors (Lipinski definition) is 1. The van der Waals surface area contributed by atoms with Gasteiger partial charge < -0.3 is 5.32 Å². The molecule has 0 aliphatic heterocycles. The van der Waals surface area contributed by atoms with Crippen molar-refractivity contribution in [3.63, 3.8) is 0 Å². The number of hydrogen-bond donors (Lipinski definition) is 1. The first-order valence-electron chi connectivity index (χ1n) is 5.01. The molecule has 74 valence electrons. The van der Waals surface area contributed by atoms with E-state index >= 15 is 0 Å². The molecule has 1 rings (SSSR count). The second-order valence-corrected chi connectivity index (χ2v) is 4.11. The Kier molecular flexibility index (Phi) is 3.12. The number of nitrogens with one attached hydrogen (secondary N) is 1. The topological polar surface area (TPSA) is 29.1 Å². The van der Waals surface area contributed by atoms with Gasteiger partial charge in [0.05, 0.1) is 0 Å². The van der Waals surface area contributed by atoms with Crippen molar-refractivity contribution in [3.05, 3.63) is 11.1 Å². The van der Waals surface area contributed by atoms with Gasteiger partial charge in [-0.3, -0.25) is 4.79 Å². The highest BCUT2D eigenvalue weighted by Gasteiger charge is 2.36. The summed E-state index contributed by atoms with van der Waals surface area (Å²) in [5, 5.41) is 3.04. The normalized spacial score (nSPS) is 25.2. The Morgan fingerprint density at radius 1 is 1.38 bits per heavy atom. The molecular formula is C11H19NO. The van der Waals surface area contributed by atoms with Crippen molar-refractivity contribution < 1.29 is 4.79 Å². The van der Waals surface area contributed by atoms with Crippen molar-refractivity contribution in [3.8, 4) is 0 Å². The van der Waals surface area contributed by atoms with E-state index in [0.717, 1.165) is 23.5 Å². The number of carbonyl (C=O) groups excluding carboxylic acids is 1. The van der Waals surface area contributed by atoms with Crippen LogP contribution in [0.2, 0.25) is 0 Å². The van der Waals surface area contributed by atoms with E-state index in [-0.39, 0.29) is 5.91 Å². The largest absolute Gasteiger partial charge is 0.349 e. The van der Waals surface area contributed by atoms with Crippen LogP contribution in [0.4, 0.5) is 0 Å². The average Bonchev–Trinajstić information content (AvgIpc) is 2.81. The molecule has 1 fully saturated rings. The third-order valence-electron chi connectivity index (χ3n) is 2.85. The molecule has 1 aliphatic carbocycles. The van der Waals surface area contributed by atoms with Crippen molar-refractivity contribution in [2.45, 2.75) is 46.6 Å². The van der Waals surface area contributed by atoms with Crippen LogP contribution in [-0.2, 0) is 4.79 Å². The molecule has 0 unspecified atom stereocenters. The average molecular weight is 181 g/mol. The van der Waals surface area contributed by atoms with Gasteiger partial charge in [0, 0.05) is 11.6 Å². The van der Waals surface area contributed by atoms with E-state index in [2.05, 4.69) is 12.2 Å². The first-order chi connectivity index (χ1) is 6.06. The third kappa shape index (κ3) is 2.58. The van der Waals surface area contributed by atoms with Crippen molar-refractivity contribution in [2.24, 2.45) is 5.92 Å². The highest BCUT2D eigenvalue weighted by molar-refractivity contribution is 5.93. The van der Waals surface area contributed by atoms with E-state index in [1.165, 1.54) is 6.42 Å². The van der Waals surface area contributed by atoms with Crippen LogP contribution >= 0.6 is 0 Å². The molecule has 0 aromatic heterocycles. The Hall–Kier alpha value is -0.790. The molecule has 0 spiro atoms. The highest BCUT2D eigenvalue weighted by Crippen LogP contribution is 2.33. The van der Waals surface area contributed by atoms with Gasteiger partial charge in [-0.05, 0) is 33.1 Å². The predicted octanol–water partition coefficient (Wildman–Crippen LogP) is 2.26. The van der Waals surface area contributed by atoms with Crippen LogP contribution in [0.1, 0.15) is 40.5 Å². The lowest BCUT2D eigenvalue weighted by atomic mass is 10.1. The summed E-state index contributed by atoms with van der Waals surface area (Å²) in [5.74, 6) is 0.842. The molecule has 0 aromatic rings. The van der Waals surface area contributed by atoms with Gasteiger partial charge >= 0.3 is 0 Å². The van der Waals surface area contributed by atoms with Crippen LogP contribution in [0.15, 0.2) is 11.1 Å². The number of carbonyl (C=O) groups is 1. The summed E-state index contributed by atoms with van der Waals surface area (Å²) in [5.41, 5.74) is 1.97. The summed E-state index contributed by atoms with van der Waals surface area (Å²) in [6.45, 7) is 8.00. The first kappa shape index (κ1) is 10.3. The molecule has 1 saturated carbocycles. The van der Waals surface area contributed by atoms with Crippen LogP contribution in [0.3, 0.4) is 0 Å². The maximum atomic E-state index is 11.5. The van der Waals surface area contributed by atoms with Crippen molar-refractivity contribution >= 4 is 5.91 Å². The Labute approximate surface area is 80.4 Å². The second kappa shape index (κ2) is 3.95. The lowest BCUT2D eigenvalue weighted by molar-refractivity contribution is -0.117. The first-order valence-corrected chi connectivity index (χ1v) is 5.01. The number of rotatable bonds is 3. The molecule has 2 heteroatoms. The van der Waals surface area contributed by atoms with E-state index < -0.39 is 0 Å². The molecule has 1 aliphatic rings. The van der Waals surface area contributed by atoms with E-state index in [9.17, 15) is 4.79 Å². The second-order valence-electron chi connectivity index (χ2n) is 4.11. The summed E-state index contributed by atoms with van der Waals surface area (Å²) in [6, 6.07) is 0.451. The van der Waals surface area contributed by atoms with Gasteiger partial charge in [0.25, 0.3) is 0 Å². The fraction of sp³-hybridized carbons (Fsp3) is 0.727. The highest BCUT2D eigenvalue weighted by atomic mass is 16.1. The van der Waals surface area contributed by atoms with Crippen molar-refractivity contribution in [2.75, 3.05) is 0 Å². The van der Waals surface area contributed by atoms with Crippen molar-refractivity contribution in [1.82, 2.24) is 5.32 Å². The van der Waals surface area contributed by atoms with E-state index in [1.807, 2.05) is 20.8 Å². The summed E-state index contributed by atoms with van der Waals surface area (Å²) in [4.78, 5) is 11.5. The molecule has 0 saturated heterocycles. The minimum Gasteiger partial charge on any atom is -0.349 e. The number of amides is 1. The zero-order valence-corrected chi connectivity index (χ0v) is 8.98. The predicted molar refractivity (Wildman–Crippen MR) is 54.4 cm³/mol. The Morgan fingerprint density at radius 3 is 2.38 bits per heavy atom. The van der Waals surface area contributed by atoms with Crippen molar-refractivity contribution in [1.29, 1.82) is 0 Å². The van der Waals surface area contributed by atoms with Crippen LogP contribution in [0, 0.1) is 5.92 Å². The fourth-order valence-corrected chi connectivity index (χ4v) is 1.38. The minimum absolute atomic E-state index is 0.112. The molecule has 2 atom stereocenters. The van der Waals surface area contributed by atoms with E-state index in [0.29, 0.717) is 6.04 Å². The molecule has 1 amide bonds. The Bertz CT molecular complexity index is 238. The van der Waals surface area contributed by atoms with E-state index in [4.69, 9.17) is 0 Å². The third-order valence-corrected chi connectivity index (χ3v) is 2.85. The molecule has 13 heavy (non-hydrogen) atoms. The summed E-state index contributed by atoms with van der Waals surface area (Å²) in [6.07, 6.45) is 2.34. The SMILES string of the molecule is CC[C@@H]1C[C@H]1NC(=O)C(C)=C(C)C. The zero-order chi connectivity index (χ0) is 10.0. The molecule has 0 aromatic carbocycles. The Balaban J connectivity index is 2.39. The fourth-order valence-electron chi connectivity index (χ4n) is 1.38. The maximum Gasteiger partial charge on any atom is 0.247 e. The van der Waals surface area contributed by atoms with Gasteiger partial charge in [0.2, 0.25) is 5.91 Å². The smallest absolute Gasteiger partial charge is 0.247 e. The quantitative estimate of drug-likeness (QED) is 0.665. The lowest BCUT2D eigenvalue weighted by Gasteiger charge is -2.05. The van der Waals surface area contributed by atoms with Crippen LogP contribution in [0.5, 0.6) is 0 Å². The molecule has 2 nitrogen and oxygen atoms in total. The van der Waals surface area contributed by atoms with Gasteiger partial charge in [0.15, 0.2) is 0 Å². The standard InChI is InChI=1S/C11H19NO/c1-5-9-6-10(9)12-11(13)8(4)7(2)3/h9-10H,5-6H2,1-4H3,(H,12,13)/t9-,10-/m1/s1. The van der Waals surface area contributed by atoms with Gasteiger partial charge in [-0.2, -0.15) is 0 Å². The molecule has 1 N–H and O–H groups in total. The maximum absolute atomic E-state index is 11.5. The van der Waals surface area contributed by atoms with E-state index in [1.54, 1.807) is 0 Å². The van der Waals surface area contributed by atoms with Gasteiger partial charge in [-0.1, -0.05) is 18.9 Å². The molecule has 0 bridgehead atoms. The van der Waals surface area contributed by atoms with Crippen LogP contribution in [0.25, 0.3) is 0 Å². The van der Waals surface area contributed by atoms with Gasteiger partial charge in [-0.25, -0.2) is 0 Å².